The molecule has 1 heterocycles. The molecular weight excluding hydrogens is 311 g/mol. The summed E-state index contributed by atoms with van der Waals surface area (Å²) >= 11 is 0. The Balaban J connectivity index is 1.68. The summed E-state index contributed by atoms with van der Waals surface area (Å²) in [5.41, 5.74) is 1.11. The Hall–Kier alpha value is -2.89. The molecule has 1 atom stereocenters. The number of halogens is 1. The molecule has 2 aromatic rings. The molecule has 1 aliphatic heterocycles. The van der Waals surface area contributed by atoms with Crippen LogP contribution in [0.3, 0.4) is 0 Å². The van der Waals surface area contributed by atoms with E-state index in [2.05, 4.69) is 5.32 Å². The molecule has 1 fully saturated rings. The number of nitrogens with zero attached hydrogens (tertiary/aromatic N) is 1. The number of rotatable bonds is 4. The number of carbonyl (C=O) groups excluding carboxylic acids is 2. The van der Waals surface area contributed by atoms with Crippen molar-refractivity contribution in [3.05, 3.63) is 54.3 Å². The lowest BCUT2D eigenvalue weighted by Crippen LogP contribution is -2.28. The van der Waals surface area contributed by atoms with Crippen molar-refractivity contribution in [2.24, 2.45) is 5.92 Å². The lowest BCUT2D eigenvalue weighted by molar-refractivity contribution is -0.122. The lowest BCUT2D eigenvalue weighted by Gasteiger charge is -2.16. The van der Waals surface area contributed by atoms with E-state index in [9.17, 15) is 14.0 Å². The number of hydrogen-bond acceptors (Lipinski definition) is 3. The van der Waals surface area contributed by atoms with Crippen LogP contribution in [-0.2, 0) is 9.59 Å². The summed E-state index contributed by atoms with van der Waals surface area (Å²) in [6.45, 7) is 0.313. The van der Waals surface area contributed by atoms with Crippen molar-refractivity contribution in [2.45, 2.75) is 6.42 Å². The maximum Gasteiger partial charge on any atom is 0.229 e. The van der Waals surface area contributed by atoms with Crippen LogP contribution in [0.25, 0.3) is 0 Å². The Bertz CT molecular complexity index is 764. The van der Waals surface area contributed by atoms with Crippen LogP contribution < -0.4 is 15.0 Å². The SMILES string of the molecule is COc1ccc(NC(=O)C2CC(=O)N(c3ccccc3)C2)cc1F. The molecule has 1 N–H and O–H groups in total. The zero-order chi connectivity index (χ0) is 17.1. The topological polar surface area (TPSA) is 58.6 Å². The van der Waals surface area contributed by atoms with Gasteiger partial charge in [0.1, 0.15) is 0 Å². The van der Waals surface area contributed by atoms with Crippen molar-refractivity contribution in [2.75, 3.05) is 23.9 Å². The smallest absolute Gasteiger partial charge is 0.229 e. The molecule has 3 rings (SSSR count). The molecule has 2 amide bonds. The zero-order valence-corrected chi connectivity index (χ0v) is 13.2. The molecule has 6 heteroatoms. The van der Waals surface area contributed by atoms with E-state index in [4.69, 9.17) is 4.74 Å². The fourth-order valence-corrected chi connectivity index (χ4v) is 2.73. The molecule has 1 aliphatic rings. The lowest BCUT2D eigenvalue weighted by atomic mass is 10.1. The highest BCUT2D eigenvalue weighted by molar-refractivity contribution is 6.03. The number of benzene rings is 2. The van der Waals surface area contributed by atoms with Crippen LogP contribution in [0.15, 0.2) is 48.5 Å². The van der Waals surface area contributed by atoms with E-state index in [1.165, 1.54) is 19.2 Å². The monoisotopic (exact) mass is 328 g/mol. The van der Waals surface area contributed by atoms with E-state index in [0.29, 0.717) is 12.2 Å². The van der Waals surface area contributed by atoms with Gasteiger partial charge in [-0.25, -0.2) is 4.39 Å². The van der Waals surface area contributed by atoms with Crippen molar-refractivity contribution >= 4 is 23.2 Å². The van der Waals surface area contributed by atoms with Gasteiger partial charge in [0.25, 0.3) is 0 Å². The Morgan fingerprint density at radius 1 is 1.25 bits per heavy atom. The number of methoxy groups -OCH3 is 1. The van der Waals surface area contributed by atoms with E-state index in [1.54, 1.807) is 11.0 Å². The van der Waals surface area contributed by atoms with Gasteiger partial charge in [-0.1, -0.05) is 18.2 Å². The molecule has 24 heavy (non-hydrogen) atoms. The summed E-state index contributed by atoms with van der Waals surface area (Å²) < 4.78 is 18.5. The van der Waals surface area contributed by atoms with Gasteiger partial charge in [0.05, 0.1) is 13.0 Å². The van der Waals surface area contributed by atoms with Crippen molar-refractivity contribution in [1.29, 1.82) is 0 Å². The number of carbonyl (C=O) groups is 2. The van der Waals surface area contributed by atoms with E-state index in [-0.39, 0.29) is 24.0 Å². The number of para-hydroxylation sites is 1. The van der Waals surface area contributed by atoms with E-state index >= 15 is 0 Å². The van der Waals surface area contributed by atoms with Crippen LogP contribution in [0.1, 0.15) is 6.42 Å². The Labute approximate surface area is 139 Å². The first kappa shape index (κ1) is 16.0. The number of hydrogen-bond donors (Lipinski definition) is 1. The fraction of sp³-hybridized carbons (Fsp3) is 0.222. The van der Waals surface area contributed by atoms with Crippen molar-refractivity contribution < 1.29 is 18.7 Å². The van der Waals surface area contributed by atoms with Crippen LogP contribution in [0.4, 0.5) is 15.8 Å². The van der Waals surface area contributed by atoms with E-state index in [1.807, 2.05) is 30.3 Å². The molecule has 0 saturated carbocycles. The van der Waals surface area contributed by atoms with E-state index in [0.717, 1.165) is 5.69 Å². The zero-order valence-electron chi connectivity index (χ0n) is 13.2. The molecule has 0 bridgehead atoms. The van der Waals surface area contributed by atoms with Crippen LogP contribution in [0.2, 0.25) is 0 Å². The van der Waals surface area contributed by atoms with Gasteiger partial charge in [-0.2, -0.15) is 0 Å². The van der Waals surface area contributed by atoms with Gasteiger partial charge in [0.2, 0.25) is 11.8 Å². The average Bonchev–Trinajstić information content (AvgIpc) is 2.98. The summed E-state index contributed by atoms with van der Waals surface area (Å²) in [5, 5.41) is 2.66. The second-order valence-electron chi connectivity index (χ2n) is 5.58. The van der Waals surface area contributed by atoms with E-state index < -0.39 is 11.7 Å². The normalized spacial score (nSPS) is 17.0. The minimum atomic E-state index is -0.552. The standard InChI is InChI=1S/C18H17FN2O3/c1-24-16-8-7-13(10-15(16)19)20-18(23)12-9-17(22)21(11-12)14-5-3-2-4-6-14/h2-8,10,12H,9,11H2,1H3,(H,20,23). The van der Waals surface area contributed by atoms with Crippen LogP contribution in [-0.4, -0.2) is 25.5 Å². The molecule has 0 spiro atoms. The maximum atomic E-state index is 13.7. The largest absolute Gasteiger partial charge is 0.494 e. The van der Waals surface area contributed by atoms with Crippen LogP contribution in [0, 0.1) is 11.7 Å². The van der Waals surface area contributed by atoms with Crippen molar-refractivity contribution in [3.63, 3.8) is 0 Å². The molecule has 0 aromatic heterocycles. The highest BCUT2D eigenvalue weighted by Crippen LogP contribution is 2.26. The maximum absolute atomic E-state index is 13.7. The highest BCUT2D eigenvalue weighted by Gasteiger charge is 2.35. The van der Waals surface area contributed by atoms with Gasteiger partial charge in [-0.3, -0.25) is 9.59 Å². The number of amides is 2. The summed E-state index contributed by atoms with van der Waals surface area (Å²) in [6.07, 6.45) is 0.138. The summed E-state index contributed by atoms with van der Waals surface area (Å²) in [6, 6.07) is 13.4. The van der Waals surface area contributed by atoms with Gasteiger partial charge in [0, 0.05) is 30.4 Å². The third-order valence-corrected chi connectivity index (χ3v) is 3.98. The van der Waals surface area contributed by atoms with Crippen molar-refractivity contribution in [3.8, 4) is 5.75 Å². The molecule has 0 radical (unpaired) electrons. The minimum Gasteiger partial charge on any atom is -0.494 e. The predicted molar refractivity (Wildman–Crippen MR) is 88.5 cm³/mol. The fourth-order valence-electron chi connectivity index (χ4n) is 2.73. The third-order valence-electron chi connectivity index (χ3n) is 3.98. The number of nitrogens with one attached hydrogen (secondary N) is 1. The Kier molecular flexibility index (Phi) is 4.46. The van der Waals surface area contributed by atoms with Crippen molar-refractivity contribution in [1.82, 2.24) is 0 Å². The van der Waals surface area contributed by atoms with Crippen LogP contribution in [0.5, 0.6) is 5.75 Å². The second kappa shape index (κ2) is 6.70. The summed E-state index contributed by atoms with van der Waals surface area (Å²) in [5.74, 6) is -1.31. The molecule has 5 nitrogen and oxygen atoms in total. The molecule has 1 unspecified atom stereocenters. The van der Waals surface area contributed by atoms with Gasteiger partial charge in [-0.15, -0.1) is 0 Å². The molecule has 2 aromatic carbocycles. The quantitative estimate of drug-likeness (QED) is 0.939. The van der Waals surface area contributed by atoms with Gasteiger partial charge >= 0.3 is 0 Å². The first-order valence-corrected chi connectivity index (χ1v) is 7.58. The molecule has 1 saturated heterocycles. The Morgan fingerprint density at radius 3 is 2.67 bits per heavy atom. The summed E-state index contributed by atoms with van der Waals surface area (Å²) in [4.78, 5) is 26.1. The first-order valence-electron chi connectivity index (χ1n) is 7.58. The molecule has 0 aliphatic carbocycles. The minimum absolute atomic E-state index is 0.0951. The predicted octanol–water partition coefficient (Wildman–Crippen LogP) is 2.83. The first-order chi connectivity index (χ1) is 11.6. The van der Waals surface area contributed by atoms with Gasteiger partial charge in [-0.05, 0) is 24.3 Å². The molecular formula is C18H17FN2O3. The number of anilines is 2. The number of ether oxygens (including phenoxy) is 1. The average molecular weight is 328 g/mol. The summed E-state index contributed by atoms with van der Waals surface area (Å²) in [7, 11) is 1.37. The molecule has 124 valence electrons. The van der Waals surface area contributed by atoms with Gasteiger partial charge < -0.3 is 15.0 Å². The Morgan fingerprint density at radius 2 is 2.00 bits per heavy atom. The second-order valence-corrected chi connectivity index (χ2v) is 5.58. The highest BCUT2D eigenvalue weighted by atomic mass is 19.1. The van der Waals surface area contributed by atoms with Crippen LogP contribution >= 0.6 is 0 Å². The van der Waals surface area contributed by atoms with Gasteiger partial charge in [0.15, 0.2) is 11.6 Å². The third kappa shape index (κ3) is 3.22.